The predicted molar refractivity (Wildman–Crippen MR) is 40.4 cm³/mol. The summed E-state index contributed by atoms with van der Waals surface area (Å²) >= 11 is 1.29. The summed E-state index contributed by atoms with van der Waals surface area (Å²) in [5, 5.41) is 1.32. The minimum absolute atomic E-state index is 1.03. The van der Waals surface area contributed by atoms with Gasteiger partial charge in [-0.05, 0) is 13.3 Å². The van der Waals surface area contributed by atoms with Gasteiger partial charge < -0.3 is 4.98 Å². The second-order valence-electron chi connectivity index (χ2n) is 2.24. The van der Waals surface area contributed by atoms with Crippen molar-refractivity contribution in [3.63, 3.8) is 0 Å². The summed E-state index contributed by atoms with van der Waals surface area (Å²) in [5.74, 6) is 1.03. The molecule has 0 radical (unpaired) electrons. The molecule has 0 atom stereocenters. The number of hydrogen-bond acceptors (Lipinski definition) is 1. The fourth-order valence-corrected chi connectivity index (χ4v) is 1.41. The predicted octanol–water partition coefficient (Wildman–Crippen LogP) is 0.312. The molecular weight excluding hydrogens is 127 g/mol. The molecule has 0 spiro atoms. The van der Waals surface area contributed by atoms with Crippen LogP contribution in [0, 0.1) is 6.92 Å². The lowest BCUT2D eigenvalue weighted by molar-refractivity contribution is 1.04. The molecule has 0 amide bonds. The maximum Gasteiger partial charge on any atom is 0.212 e. The zero-order chi connectivity index (χ0) is 6.69. The molecule has 1 rings (SSSR count). The van der Waals surface area contributed by atoms with E-state index in [2.05, 4.69) is 9.97 Å². The Balaban J connectivity index is 2.61. The number of nitrogens with one attached hydrogen (secondary N) is 1. The maximum absolute atomic E-state index is 4.10. The van der Waals surface area contributed by atoms with Crippen molar-refractivity contribution in [2.45, 2.75) is 18.6 Å². The molecule has 1 N–H and O–H groups in total. The second-order valence-corrected chi connectivity index (χ2v) is 3.24. The highest BCUT2D eigenvalue weighted by atomic mass is 27.0. The number of hydrogen-bond donors (Lipinski definition) is 1. The van der Waals surface area contributed by atoms with Gasteiger partial charge in [0.25, 0.3) is 0 Å². The zero-order valence-corrected chi connectivity index (χ0v) is 7.94. The molecule has 0 saturated carbocycles. The van der Waals surface area contributed by atoms with Crippen LogP contribution >= 0.6 is 0 Å². The summed E-state index contributed by atoms with van der Waals surface area (Å²) in [6.07, 6.45) is 3.10. The van der Waals surface area contributed by atoms with Crippen molar-refractivity contribution < 1.29 is 0 Å². The summed E-state index contributed by atoms with van der Waals surface area (Å²) in [6.45, 7) is 1.98. The Labute approximate surface area is 63.1 Å². The molecule has 2 nitrogen and oxygen atoms in total. The van der Waals surface area contributed by atoms with E-state index in [4.69, 9.17) is 0 Å². The number of imidazole rings is 1. The first kappa shape index (κ1) is 6.86. The number of aryl methyl sites for hydroxylation is 2. The van der Waals surface area contributed by atoms with Crippen molar-refractivity contribution in [1.82, 2.24) is 9.97 Å². The van der Waals surface area contributed by atoms with E-state index in [0.717, 1.165) is 5.82 Å². The maximum atomic E-state index is 4.10. The van der Waals surface area contributed by atoms with Crippen molar-refractivity contribution in [1.29, 1.82) is 0 Å². The summed E-state index contributed by atoms with van der Waals surface area (Å²) in [4.78, 5) is 7.28. The first-order valence-corrected chi connectivity index (χ1v) is 4.75. The van der Waals surface area contributed by atoms with Crippen LogP contribution in [-0.4, -0.2) is 26.3 Å². The van der Waals surface area contributed by atoms with Gasteiger partial charge in [-0.2, -0.15) is 0 Å². The molecule has 0 saturated heterocycles. The monoisotopic (exact) mass is 138 g/mol. The van der Waals surface area contributed by atoms with E-state index in [-0.39, 0.29) is 0 Å². The van der Waals surface area contributed by atoms with Gasteiger partial charge in [-0.1, -0.05) is 5.28 Å². The molecule has 0 fully saturated rings. The zero-order valence-electron chi connectivity index (χ0n) is 5.94. The molecule has 0 unspecified atom stereocenters. The number of H-pyrrole nitrogens is 1. The molecule has 0 aliphatic rings. The Bertz CT molecular complexity index is 183. The summed E-state index contributed by atoms with van der Waals surface area (Å²) in [6, 6.07) is 0. The number of aromatic nitrogens is 2. The van der Waals surface area contributed by atoms with Gasteiger partial charge >= 0.3 is 0 Å². The van der Waals surface area contributed by atoms with Gasteiger partial charge in [-0.3, -0.25) is 0 Å². The minimum Gasteiger partial charge on any atom is -0.346 e. The average Bonchev–Trinajstić information content (AvgIpc) is 2.17. The van der Waals surface area contributed by atoms with Gasteiger partial charge in [-0.15, -0.1) is 0 Å². The van der Waals surface area contributed by atoms with Crippen molar-refractivity contribution in [2.24, 2.45) is 0 Å². The van der Waals surface area contributed by atoms with Crippen LogP contribution in [0.15, 0.2) is 6.20 Å². The molecule has 0 bridgehead atoms. The first-order chi connectivity index (χ1) is 4.33. The molecule has 9 heavy (non-hydrogen) atoms. The summed E-state index contributed by atoms with van der Waals surface area (Å²) in [7, 11) is 0. The van der Waals surface area contributed by atoms with Crippen LogP contribution in [0.1, 0.15) is 11.5 Å². The Hall–Kier alpha value is -0.258. The van der Waals surface area contributed by atoms with E-state index in [1.807, 2.05) is 13.1 Å². The van der Waals surface area contributed by atoms with E-state index >= 15 is 0 Å². The van der Waals surface area contributed by atoms with Gasteiger partial charge in [0.05, 0.1) is 0 Å². The van der Waals surface area contributed by atoms with E-state index in [1.54, 1.807) is 0 Å². The number of rotatable bonds is 2. The van der Waals surface area contributed by atoms with Crippen molar-refractivity contribution in [2.75, 3.05) is 0 Å². The lowest BCUT2D eigenvalue weighted by Gasteiger charge is -1.87. The molecule has 0 aliphatic heterocycles. The van der Waals surface area contributed by atoms with Crippen molar-refractivity contribution >= 4 is 16.3 Å². The molecule has 3 heteroatoms. The normalized spacial score (nSPS) is 9.89. The summed E-state index contributed by atoms with van der Waals surface area (Å²) < 4.78 is 0. The minimum atomic E-state index is 1.03. The van der Waals surface area contributed by atoms with Crippen LogP contribution in [0.2, 0.25) is 5.28 Å². The van der Waals surface area contributed by atoms with E-state index in [0.29, 0.717) is 0 Å². The van der Waals surface area contributed by atoms with Gasteiger partial charge in [0.2, 0.25) is 16.3 Å². The summed E-state index contributed by atoms with van der Waals surface area (Å²) in [5.41, 5.74) is 1.28. The topological polar surface area (TPSA) is 28.7 Å². The second kappa shape index (κ2) is 3.05. The molecule has 0 aliphatic carbocycles. The van der Waals surface area contributed by atoms with E-state index in [9.17, 15) is 0 Å². The Kier molecular flexibility index (Phi) is 2.32. The smallest absolute Gasteiger partial charge is 0.212 e. The van der Waals surface area contributed by atoms with Gasteiger partial charge in [0, 0.05) is 11.9 Å². The van der Waals surface area contributed by atoms with Crippen LogP contribution < -0.4 is 0 Å². The number of nitrogens with zero attached hydrogens (tertiary/aromatic N) is 1. The van der Waals surface area contributed by atoms with Gasteiger partial charge in [0.1, 0.15) is 5.82 Å². The third-order valence-electron chi connectivity index (χ3n) is 1.27. The average molecular weight is 138 g/mol. The van der Waals surface area contributed by atoms with Crippen molar-refractivity contribution in [3.8, 4) is 0 Å². The lowest BCUT2D eigenvalue weighted by atomic mass is 10.4. The van der Waals surface area contributed by atoms with Crippen LogP contribution in [0.5, 0.6) is 0 Å². The Morgan fingerprint density at radius 3 is 3.00 bits per heavy atom. The lowest BCUT2D eigenvalue weighted by Crippen LogP contribution is -1.82. The molecular formula is C6H11AlN2. The highest BCUT2D eigenvalue weighted by Crippen LogP contribution is 1.97. The highest BCUT2D eigenvalue weighted by Gasteiger charge is 1.92. The fourth-order valence-electron chi connectivity index (χ4n) is 0.868. The molecule has 1 heterocycles. The van der Waals surface area contributed by atoms with Gasteiger partial charge in [0.15, 0.2) is 0 Å². The standard InChI is InChI=1S/C6H9N2.Al.2H/c1-3-6-4-7-5(2)8-6;;;/h4H,1,3H2,2H3,(H,7,8);;;. The van der Waals surface area contributed by atoms with E-state index in [1.165, 1.54) is 33.7 Å². The molecule has 1 aromatic rings. The van der Waals surface area contributed by atoms with E-state index < -0.39 is 0 Å². The first-order valence-electron chi connectivity index (χ1n) is 3.33. The van der Waals surface area contributed by atoms with Crippen LogP contribution in [0.25, 0.3) is 0 Å². The fraction of sp³-hybridized carbons (Fsp3) is 0.500. The number of aromatic amines is 1. The largest absolute Gasteiger partial charge is 0.346 e. The Morgan fingerprint density at radius 2 is 2.56 bits per heavy atom. The SMILES string of the molecule is Cc1ncc(C[CH2][AlH2])[nH]1. The third-order valence-corrected chi connectivity index (χ3v) is 1.77. The van der Waals surface area contributed by atoms with Crippen LogP contribution in [-0.2, 0) is 6.42 Å². The Morgan fingerprint density at radius 1 is 1.78 bits per heavy atom. The van der Waals surface area contributed by atoms with Crippen molar-refractivity contribution in [3.05, 3.63) is 17.7 Å². The van der Waals surface area contributed by atoms with Crippen LogP contribution in [0.3, 0.4) is 0 Å². The van der Waals surface area contributed by atoms with Gasteiger partial charge in [-0.25, -0.2) is 4.98 Å². The quantitative estimate of drug-likeness (QED) is 0.585. The third kappa shape index (κ3) is 1.85. The highest BCUT2D eigenvalue weighted by molar-refractivity contribution is 6.08. The molecule has 0 aromatic carbocycles. The molecule has 48 valence electrons. The van der Waals surface area contributed by atoms with Crippen LogP contribution in [0.4, 0.5) is 0 Å². The molecule has 1 aromatic heterocycles.